The molecule has 1 aliphatic rings. The highest BCUT2D eigenvalue weighted by atomic mass is 15.5. The molecule has 0 bridgehead atoms. The Morgan fingerprint density at radius 1 is 1.44 bits per heavy atom. The van der Waals surface area contributed by atoms with Gasteiger partial charge in [0.1, 0.15) is 0 Å². The highest BCUT2D eigenvalue weighted by Gasteiger charge is 2.04. The summed E-state index contributed by atoms with van der Waals surface area (Å²) in [5.41, 5.74) is 3.05. The molecular formula is C7H12N2. The third-order valence-electron chi connectivity index (χ3n) is 1.44. The van der Waals surface area contributed by atoms with E-state index in [0.717, 1.165) is 0 Å². The Balaban J connectivity index is 2.55. The molecule has 0 aromatic heterocycles. The molecule has 0 saturated heterocycles. The number of rotatable bonds is 1. The van der Waals surface area contributed by atoms with Crippen molar-refractivity contribution in [3.63, 3.8) is 0 Å². The van der Waals surface area contributed by atoms with Crippen molar-refractivity contribution in [3.05, 3.63) is 24.4 Å². The van der Waals surface area contributed by atoms with Crippen LogP contribution in [0, 0.1) is 0 Å². The van der Waals surface area contributed by atoms with Crippen molar-refractivity contribution in [1.82, 2.24) is 10.4 Å². The first-order valence-electron chi connectivity index (χ1n) is 3.15. The van der Waals surface area contributed by atoms with Gasteiger partial charge in [-0.2, -0.15) is 0 Å². The van der Waals surface area contributed by atoms with Crippen LogP contribution in [-0.4, -0.2) is 18.1 Å². The van der Waals surface area contributed by atoms with Crippen LogP contribution in [-0.2, 0) is 0 Å². The van der Waals surface area contributed by atoms with Gasteiger partial charge in [-0.25, -0.2) is 5.43 Å². The highest BCUT2D eigenvalue weighted by Crippen LogP contribution is 2.02. The van der Waals surface area contributed by atoms with E-state index in [1.165, 1.54) is 0 Å². The summed E-state index contributed by atoms with van der Waals surface area (Å²) < 4.78 is 0. The van der Waals surface area contributed by atoms with E-state index in [9.17, 15) is 0 Å². The fourth-order valence-electron chi connectivity index (χ4n) is 0.874. The summed E-state index contributed by atoms with van der Waals surface area (Å²) in [5.74, 6) is 0. The molecule has 0 fully saturated rings. The molecule has 1 unspecified atom stereocenters. The lowest BCUT2D eigenvalue weighted by atomic mass is 10.2. The van der Waals surface area contributed by atoms with Crippen LogP contribution in [0.5, 0.6) is 0 Å². The molecule has 0 radical (unpaired) electrons. The predicted octanol–water partition coefficient (Wildman–Crippen LogP) is 0.895. The van der Waals surface area contributed by atoms with Gasteiger partial charge in [-0.1, -0.05) is 12.2 Å². The zero-order valence-electron chi connectivity index (χ0n) is 5.83. The molecule has 2 heteroatoms. The molecule has 1 rings (SSSR count). The van der Waals surface area contributed by atoms with Gasteiger partial charge in [-0.05, 0) is 13.0 Å². The molecule has 1 heterocycles. The van der Waals surface area contributed by atoms with Gasteiger partial charge in [0.25, 0.3) is 0 Å². The molecular weight excluding hydrogens is 112 g/mol. The smallest absolute Gasteiger partial charge is 0.0603 e. The largest absolute Gasteiger partial charge is 0.309 e. The van der Waals surface area contributed by atoms with Crippen LogP contribution in [0.25, 0.3) is 0 Å². The minimum Gasteiger partial charge on any atom is -0.309 e. The van der Waals surface area contributed by atoms with Crippen LogP contribution >= 0.6 is 0 Å². The summed E-state index contributed by atoms with van der Waals surface area (Å²) in [6.45, 7) is 2.14. The lowest BCUT2D eigenvalue weighted by Gasteiger charge is -2.25. The first-order valence-corrected chi connectivity index (χ1v) is 3.15. The number of hydrazine groups is 1. The number of hydrogen-bond acceptors (Lipinski definition) is 2. The Hall–Kier alpha value is -0.760. The maximum atomic E-state index is 3.05. The van der Waals surface area contributed by atoms with E-state index in [0.29, 0.717) is 6.04 Å². The van der Waals surface area contributed by atoms with Gasteiger partial charge < -0.3 is 5.01 Å². The van der Waals surface area contributed by atoms with E-state index in [1.807, 2.05) is 24.3 Å². The molecule has 0 aromatic carbocycles. The molecule has 0 amide bonds. The molecule has 2 nitrogen and oxygen atoms in total. The average Bonchev–Trinajstić information content (AvgIpc) is 1.89. The monoisotopic (exact) mass is 124 g/mol. The fraction of sp³-hybridized carbons (Fsp3) is 0.429. The van der Waals surface area contributed by atoms with Crippen LogP contribution in [0.3, 0.4) is 0 Å². The zero-order valence-corrected chi connectivity index (χ0v) is 5.83. The third-order valence-corrected chi connectivity index (χ3v) is 1.44. The molecule has 50 valence electrons. The number of nitrogens with zero attached hydrogens (tertiary/aromatic N) is 1. The molecule has 1 aliphatic heterocycles. The topological polar surface area (TPSA) is 15.3 Å². The third kappa shape index (κ3) is 1.33. The number of nitrogens with one attached hydrogen (secondary N) is 1. The Bertz CT molecular complexity index is 138. The summed E-state index contributed by atoms with van der Waals surface area (Å²) >= 11 is 0. The molecule has 9 heavy (non-hydrogen) atoms. The summed E-state index contributed by atoms with van der Waals surface area (Å²) in [6, 6.07) is 0.472. The normalized spacial score (nSPS) is 25.1. The van der Waals surface area contributed by atoms with Crippen molar-refractivity contribution in [1.29, 1.82) is 0 Å². The van der Waals surface area contributed by atoms with E-state index < -0.39 is 0 Å². The average molecular weight is 124 g/mol. The molecule has 1 N–H and O–H groups in total. The highest BCUT2D eigenvalue weighted by molar-refractivity contribution is 5.11. The molecule has 0 saturated carbocycles. The van der Waals surface area contributed by atoms with Gasteiger partial charge in [0.2, 0.25) is 0 Å². The quantitative estimate of drug-likeness (QED) is 0.558. The Morgan fingerprint density at radius 3 is 2.67 bits per heavy atom. The van der Waals surface area contributed by atoms with Crippen molar-refractivity contribution in [3.8, 4) is 0 Å². The molecule has 0 aliphatic carbocycles. The first-order chi connectivity index (χ1) is 4.34. The predicted molar refractivity (Wildman–Crippen MR) is 38.6 cm³/mol. The Morgan fingerprint density at radius 2 is 2.22 bits per heavy atom. The van der Waals surface area contributed by atoms with Crippen molar-refractivity contribution < 1.29 is 0 Å². The van der Waals surface area contributed by atoms with Crippen molar-refractivity contribution in [2.45, 2.75) is 13.0 Å². The van der Waals surface area contributed by atoms with E-state index in [2.05, 4.69) is 24.5 Å². The van der Waals surface area contributed by atoms with Gasteiger partial charge >= 0.3 is 0 Å². The second-order valence-corrected chi connectivity index (χ2v) is 2.10. The van der Waals surface area contributed by atoms with Gasteiger partial charge in [0, 0.05) is 13.2 Å². The second kappa shape index (κ2) is 2.69. The van der Waals surface area contributed by atoms with Crippen molar-refractivity contribution >= 4 is 0 Å². The van der Waals surface area contributed by atoms with Crippen LogP contribution < -0.4 is 5.43 Å². The summed E-state index contributed by atoms with van der Waals surface area (Å²) in [7, 11) is 1.92. The Labute approximate surface area is 55.8 Å². The molecule has 0 aromatic rings. The standard InChI is InChI=1S/C7H12N2/c1-7-5-3-4-6-9(7)8-2/h3-8H,1-2H3. The van der Waals surface area contributed by atoms with E-state index in [4.69, 9.17) is 0 Å². The SMILES string of the molecule is CNN1C=CC=CC1C. The molecule has 0 spiro atoms. The van der Waals surface area contributed by atoms with Crippen LogP contribution in [0.15, 0.2) is 24.4 Å². The van der Waals surface area contributed by atoms with E-state index in [-0.39, 0.29) is 0 Å². The Kier molecular flexibility index (Phi) is 1.90. The number of allylic oxidation sites excluding steroid dienone is 2. The van der Waals surface area contributed by atoms with Gasteiger partial charge in [0.15, 0.2) is 0 Å². The maximum absolute atomic E-state index is 3.05. The van der Waals surface area contributed by atoms with Crippen LogP contribution in [0.2, 0.25) is 0 Å². The summed E-state index contributed by atoms with van der Waals surface area (Å²) in [4.78, 5) is 0. The minimum absolute atomic E-state index is 0.472. The van der Waals surface area contributed by atoms with Crippen molar-refractivity contribution in [2.24, 2.45) is 0 Å². The molecule has 1 atom stereocenters. The fourth-order valence-corrected chi connectivity index (χ4v) is 0.874. The van der Waals surface area contributed by atoms with Gasteiger partial charge in [-0.3, -0.25) is 0 Å². The lowest BCUT2D eigenvalue weighted by molar-refractivity contribution is 0.260. The van der Waals surface area contributed by atoms with Crippen LogP contribution in [0.4, 0.5) is 0 Å². The van der Waals surface area contributed by atoms with Crippen molar-refractivity contribution in [2.75, 3.05) is 7.05 Å². The van der Waals surface area contributed by atoms with Crippen LogP contribution in [0.1, 0.15) is 6.92 Å². The lowest BCUT2D eigenvalue weighted by Crippen LogP contribution is -2.37. The second-order valence-electron chi connectivity index (χ2n) is 2.10. The van der Waals surface area contributed by atoms with Gasteiger partial charge in [0.05, 0.1) is 6.04 Å². The summed E-state index contributed by atoms with van der Waals surface area (Å²) in [5, 5.41) is 2.04. The summed E-state index contributed by atoms with van der Waals surface area (Å²) in [6.07, 6.45) is 8.22. The van der Waals surface area contributed by atoms with E-state index >= 15 is 0 Å². The maximum Gasteiger partial charge on any atom is 0.0603 e. The zero-order chi connectivity index (χ0) is 6.69. The minimum atomic E-state index is 0.472. The van der Waals surface area contributed by atoms with E-state index in [1.54, 1.807) is 0 Å². The number of hydrogen-bond donors (Lipinski definition) is 1. The van der Waals surface area contributed by atoms with Gasteiger partial charge in [-0.15, -0.1) is 0 Å². The first kappa shape index (κ1) is 6.36.